The van der Waals surface area contributed by atoms with E-state index in [0.29, 0.717) is 26.1 Å². The summed E-state index contributed by atoms with van der Waals surface area (Å²) in [6, 6.07) is 5.89. The van der Waals surface area contributed by atoms with E-state index in [0.717, 1.165) is 17.7 Å². The van der Waals surface area contributed by atoms with Crippen molar-refractivity contribution in [3.63, 3.8) is 0 Å². The molecule has 1 aromatic carbocycles. The molecule has 1 saturated heterocycles. The first kappa shape index (κ1) is 13.7. The van der Waals surface area contributed by atoms with E-state index in [1.807, 2.05) is 36.9 Å². The molecule has 0 unspecified atom stereocenters. The smallest absolute Gasteiger partial charge is 0.221 e. The highest BCUT2D eigenvalue weighted by molar-refractivity contribution is 5.99. The summed E-state index contributed by atoms with van der Waals surface area (Å²) in [6.45, 7) is 6.39. The van der Waals surface area contributed by atoms with Crippen molar-refractivity contribution in [1.29, 1.82) is 0 Å². The van der Waals surface area contributed by atoms with Crippen LogP contribution in [0.2, 0.25) is 0 Å². The monoisotopic (exact) mass is 260 g/mol. The lowest BCUT2D eigenvalue weighted by Crippen LogP contribution is -2.33. The summed E-state index contributed by atoms with van der Waals surface area (Å²) in [5.41, 5.74) is 2.97. The van der Waals surface area contributed by atoms with Crippen LogP contribution >= 0.6 is 0 Å². The molecule has 19 heavy (non-hydrogen) atoms. The molecular formula is C15H20N2O2. The number of carbonyl (C=O) groups is 2. The second-order valence-electron chi connectivity index (χ2n) is 5.12. The number of hydrogen-bond donors (Lipinski definition) is 1. The minimum atomic E-state index is 0.0708. The minimum absolute atomic E-state index is 0.0708. The van der Waals surface area contributed by atoms with E-state index in [4.69, 9.17) is 0 Å². The predicted octanol–water partition coefficient (Wildman–Crippen LogP) is 1.31. The first-order valence-corrected chi connectivity index (χ1v) is 6.66. The third kappa shape index (κ3) is 3.64. The van der Waals surface area contributed by atoms with E-state index in [9.17, 15) is 9.59 Å². The lowest BCUT2D eigenvalue weighted by Gasteiger charge is -2.18. The normalized spacial score (nSPS) is 16.8. The number of hydrogen-bond acceptors (Lipinski definition) is 3. The Balaban J connectivity index is 2.02. The number of rotatable bonds is 3. The molecule has 1 fully saturated rings. The molecule has 0 atom stereocenters. The van der Waals surface area contributed by atoms with E-state index in [1.165, 1.54) is 5.56 Å². The van der Waals surface area contributed by atoms with Crippen LogP contribution < -0.4 is 5.32 Å². The molecule has 0 aromatic heterocycles. The Kier molecular flexibility index (Phi) is 4.32. The largest absolute Gasteiger partial charge is 0.355 e. The zero-order chi connectivity index (χ0) is 13.8. The summed E-state index contributed by atoms with van der Waals surface area (Å²) in [5, 5.41) is 2.81. The zero-order valence-corrected chi connectivity index (χ0v) is 11.5. The van der Waals surface area contributed by atoms with Crippen LogP contribution in [0.5, 0.6) is 0 Å². The number of Topliss-reactive ketones (excluding diaryl/α,β-unsaturated/α-hetero) is 1. The maximum atomic E-state index is 12.3. The van der Waals surface area contributed by atoms with E-state index in [2.05, 4.69) is 5.32 Å². The lowest BCUT2D eigenvalue weighted by molar-refractivity contribution is -0.120. The molecule has 0 spiro atoms. The third-order valence-corrected chi connectivity index (χ3v) is 3.45. The molecule has 0 aliphatic carbocycles. The van der Waals surface area contributed by atoms with Gasteiger partial charge in [-0.2, -0.15) is 0 Å². The van der Waals surface area contributed by atoms with Crippen LogP contribution in [0.4, 0.5) is 0 Å². The van der Waals surface area contributed by atoms with Gasteiger partial charge in [-0.3, -0.25) is 14.5 Å². The summed E-state index contributed by atoms with van der Waals surface area (Å²) < 4.78 is 0. The molecule has 1 heterocycles. The average molecular weight is 260 g/mol. The molecule has 4 heteroatoms. The highest BCUT2D eigenvalue weighted by atomic mass is 16.1. The molecule has 102 valence electrons. The molecular weight excluding hydrogens is 240 g/mol. The second kappa shape index (κ2) is 5.97. The van der Waals surface area contributed by atoms with Gasteiger partial charge in [-0.1, -0.05) is 23.8 Å². The molecule has 0 radical (unpaired) electrons. The Hall–Kier alpha value is -1.68. The summed E-state index contributed by atoms with van der Waals surface area (Å²) in [4.78, 5) is 25.6. The van der Waals surface area contributed by atoms with E-state index in [1.54, 1.807) is 0 Å². The molecule has 1 aromatic rings. The van der Waals surface area contributed by atoms with Crippen LogP contribution in [-0.4, -0.2) is 42.8 Å². The Morgan fingerprint density at radius 1 is 1.32 bits per heavy atom. The van der Waals surface area contributed by atoms with Crippen molar-refractivity contribution in [3.05, 3.63) is 34.9 Å². The fourth-order valence-electron chi connectivity index (χ4n) is 2.39. The van der Waals surface area contributed by atoms with Crippen LogP contribution in [0.3, 0.4) is 0 Å². The Labute approximate surface area is 113 Å². The molecule has 1 aliphatic heterocycles. The maximum absolute atomic E-state index is 12.3. The number of ketones is 1. The van der Waals surface area contributed by atoms with E-state index < -0.39 is 0 Å². The van der Waals surface area contributed by atoms with Gasteiger partial charge in [-0.05, 0) is 19.4 Å². The summed E-state index contributed by atoms with van der Waals surface area (Å²) in [5.74, 6) is 0.202. The number of benzene rings is 1. The van der Waals surface area contributed by atoms with Gasteiger partial charge in [0.15, 0.2) is 5.78 Å². The predicted molar refractivity (Wildman–Crippen MR) is 74.3 cm³/mol. The van der Waals surface area contributed by atoms with Gasteiger partial charge in [-0.25, -0.2) is 0 Å². The van der Waals surface area contributed by atoms with Crippen molar-refractivity contribution in [2.24, 2.45) is 0 Å². The maximum Gasteiger partial charge on any atom is 0.221 e. The van der Waals surface area contributed by atoms with Gasteiger partial charge in [0.2, 0.25) is 5.91 Å². The van der Waals surface area contributed by atoms with Crippen LogP contribution in [0, 0.1) is 13.8 Å². The Morgan fingerprint density at radius 3 is 2.84 bits per heavy atom. The Morgan fingerprint density at radius 2 is 2.11 bits per heavy atom. The first-order valence-electron chi connectivity index (χ1n) is 6.66. The van der Waals surface area contributed by atoms with Gasteiger partial charge in [-0.15, -0.1) is 0 Å². The van der Waals surface area contributed by atoms with Crippen LogP contribution in [0.1, 0.15) is 27.9 Å². The SMILES string of the molecule is Cc1ccc(C(=O)CN2CCNC(=O)CC2)c(C)c1. The Bertz CT molecular complexity index is 497. The van der Waals surface area contributed by atoms with Crippen molar-refractivity contribution >= 4 is 11.7 Å². The van der Waals surface area contributed by atoms with Gasteiger partial charge in [0, 0.05) is 31.6 Å². The zero-order valence-electron chi connectivity index (χ0n) is 11.5. The minimum Gasteiger partial charge on any atom is -0.355 e. The molecule has 0 saturated carbocycles. The second-order valence-corrected chi connectivity index (χ2v) is 5.12. The first-order chi connectivity index (χ1) is 9.06. The molecule has 1 N–H and O–H groups in total. The lowest BCUT2D eigenvalue weighted by atomic mass is 10.0. The van der Waals surface area contributed by atoms with Gasteiger partial charge >= 0.3 is 0 Å². The van der Waals surface area contributed by atoms with Gasteiger partial charge in [0.05, 0.1) is 6.54 Å². The molecule has 0 bridgehead atoms. The van der Waals surface area contributed by atoms with Crippen molar-refractivity contribution in [1.82, 2.24) is 10.2 Å². The van der Waals surface area contributed by atoms with E-state index in [-0.39, 0.29) is 11.7 Å². The van der Waals surface area contributed by atoms with E-state index >= 15 is 0 Å². The molecule has 1 aliphatic rings. The summed E-state index contributed by atoms with van der Waals surface area (Å²) in [6.07, 6.45) is 0.472. The van der Waals surface area contributed by atoms with Crippen LogP contribution in [-0.2, 0) is 4.79 Å². The highest BCUT2D eigenvalue weighted by Gasteiger charge is 2.17. The van der Waals surface area contributed by atoms with Crippen molar-refractivity contribution < 1.29 is 9.59 Å². The van der Waals surface area contributed by atoms with Crippen molar-refractivity contribution in [2.45, 2.75) is 20.3 Å². The number of amides is 1. The fourth-order valence-corrected chi connectivity index (χ4v) is 2.39. The summed E-state index contributed by atoms with van der Waals surface area (Å²) in [7, 11) is 0. The molecule has 2 rings (SSSR count). The molecule has 4 nitrogen and oxygen atoms in total. The van der Waals surface area contributed by atoms with Gasteiger partial charge in [0.1, 0.15) is 0 Å². The number of aryl methyl sites for hydroxylation is 2. The highest BCUT2D eigenvalue weighted by Crippen LogP contribution is 2.12. The quantitative estimate of drug-likeness (QED) is 0.834. The van der Waals surface area contributed by atoms with Crippen LogP contribution in [0.15, 0.2) is 18.2 Å². The topological polar surface area (TPSA) is 49.4 Å². The third-order valence-electron chi connectivity index (χ3n) is 3.45. The standard InChI is InChI=1S/C15H20N2O2/c1-11-3-4-13(12(2)9-11)14(18)10-17-7-5-15(19)16-6-8-17/h3-4,9H,5-8,10H2,1-2H3,(H,16,19). The van der Waals surface area contributed by atoms with Gasteiger partial charge in [0.25, 0.3) is 0 Å². The number of carbonyl (C=O) groups excluding carboxylic acids is 2. The fraction of sp³-hybridized carbons (Fsp3) is 0.467. The van der Waals surface area contributed by atoms with Gasteiger partial charge < -0.3 is 5.32 Å². The summed E-state index contributed by atoms with van der Waals surface area (Å²) >= 11 is 0. The molecule has 1 amide bonds. The average Bonchev–Trinajstić information content (AvgIpc) is 2.54. The van der Waals surface area contributed by atoms with Crippen LogP contribution in [0.25, 0.3) is 0 Å². The number of nitrogens with one attached hydrogen (secondary N) is 1. The number of nitrogens with zero attached hydrogens (tertiary/aromatic N) is 1. The van der Waals surface area contributed by atoms with Crippen molar-refractivity contribution in [3.8, 4) is 0 Å². The van der Waals surface area contributed by atoms with Crippen molar-refractivity contribution in [2.75, 3.05) is 26.2 Å².